The lowest BCUT2D eigenvalue weighted by atomic mass is 10.1. The van der Waals surface area contributed by atoms with Crippen molar-refractivity contribution in [2.45, 2.75) is 24.9 Å². The highest BCUT2D eigenvalue weighted by molar-refractivity contribution is 5.80. The van der Waals surface area contributed by atoms with Crippen LogP contribution >= 0.6 is 0 Å². The summed E-state index contributed by atoms with van der Waals surface area (Å²) in [6.45, 7) is 0.721. The molecular weight excluding hydrogens is 262 g/mol. The molecule has 2 atom stereocenters. The smallest absolute Gasteiger partial charge is 0.191 e. The van der Waals surface area contributed by atoms with Crippen molar-refractivity contribution >= 4 is 5.96 Å². The van der Waals surface area contributed by atoms with E-state index in [1.165, 1.54) is 5.56 Å². The van der Waals surface area contributed by atoms with E-state index in [4.69, 9.17) is 0 Å². The van der Waals surface area contributed by atoms with Crippen molar-refractivity contribution in [3.63, 3.8) is 0 Å². The number of nitrogens with one attached hydrogen (secondary N) is 2. The van der Waals surface area contributed by atoms with E-state index in [1.807, 2.05) is 17.8 Å². The zero-order valence-electron chi connectivity index (χ0n) is 12.5. The summed E-state index contributed by atoms with van der Waals surface area (Å²) in [4.78, 5) is 4.29. The first-order chi connectivity index (χ1) is 10.3. The van der Waals surface area contributed by atoms with Crippen LogP contribution in [0, 0.1) is 0 Å². The molecule has 1 aliphatic carbocycles. The highest BCUT2D eigenvalue weighted by atomic mass is 15.3. The molecule has 0 aliphatic heterocycles. The summed E-state index contributed by atoms with van der Waals surface area (Å²) in [6.07, 6.45) is 2.97. The minimum atomic E-state index is 0.477. The van der Waals surface area contributed by atoms with Gasteiger partial charge in [-0.2, -0.15) is 5.10 Å². The van der Waals surface area contributed by atoms with E-state index in [1.54, 1.807) is 13.2 Å². The summed E-state index contributed by atoms with van der Waals surface area (Å²) in [5.74, 6) is 1.45. The highest BCUT2D eigenvalue weighted by Gasteiger charge is 2.38. The van der Waals surface area contributed by atoms with Gasteiger partial charge in [-0.15, -0.1) is 0 Å². The number of rotatable bonds is 4. The van der Waals surface area contributed by atoms with Crippen molar-refractivity contribution in [3.8, 4) is 0 Å². The lowest BCUT2D eigenvalue weighted by Gasteiger charge is -2.12. The number of benzene rings is 1. The molecule has 21 heavy (non-hydrogen) atoms. The van der Waals surface area contributed by atoms with Gasteiger partial charge in [0.1, 0.15) is 0 Å². The van der Waals surface area contributed by atoms with Crippen molar-refractivity contribution in [1.82, 2.24) is 20.4 Å². The van der Waals surface area contributed by atoms with Crippen LogP contribution in [0.15, 0.2) is 47.6 Å². The Labute approximate surface area is 125 Å². The average Bonchev–Trinajstić information content (AvgIpc) is 3.17. The molecule has 3 rings (SSSR count). The van der Waals surface area contributed by atoms with Crippen LogP contribution in [-0.2, 0) is 13.6 Å². The fourth-order valence-electron chi connectivity index (χ4n) is 2.54. The van der Waals surface area contributed by atoms with Gasteiger partial charge in [0.05, 0.1) is 12.2 Å². The number of hydrogen-bond acceptors (Lipinski definition) is 2. The number of hydrogen-bond donors (Lipinski definition) is 2. The second kappa shape index (κ2) is 5.99. The Kier molecular flexibility index (Phi) is 3.90. The average molecular weight is 283 g/mol. The van der Waals surface area contributed by atoms with Crippen LogP contribution in [0.3, 0.4) is 0 Å². The van der Waals surface area contributed by atoms with Crippen molar-refractivity contribution in [2.24, 2.45) is 12.0 Å². The first-order valence-corrected chi connectivity index (χ1v) is 7.27. The van der Waals surface area contributed by atoms with Gasteiger partial charge in [0.15, 0.2) is 5.96 Å². The third-order valence-electron chi connectivity index (χ3n) is 3.92. The van der Waals surface area contributed by atoms with Gasteiger partial charge in [0, 0.05) is 32.3 Å². The fourth-order valence-corrected chi connectivity index (χ4v) is 2.54. The van der Waals surface area contributed by atoms with Crippen LogP contribution in [0.25, 0.3) is 0 Å². The summed E-state index contributed by atoms with van der Waals surface area (Å²) in [7, 11) is 3.75. The van der Waals surface area contributed by atoms with E-state index in [0.717, 1.165) is 24.6 Å². The van der Waals surface area contributed by atoms with Crippen LogP contribution in [-0.4, -0.2) is 28.8 Å². The van der Waals surface area contributed by atoms with Gasteiger partial charge in [-0.25, -0.2) is 0 Å². The van der Waals surface area contributed by atoms with Gasteiger partial charge in [-0.3, -0.25) is 9.67 Å². The number of guanidine groups is 1. The fraction of sp³-hybridized carbons (Fsp3) is 0.375. The minimum absolute atomic E-state index is 0.477. The van der Waals surface area contributed by atoms with Gasteiger partial charge in [-0.1, -0.05) is 30.3 Å². The van der Waals surface area contributed by atoms with Crippen molar-refractivity contribution in [3.05, 3.63) is 53.9 Å². The monoisotopic (exact) mass is 283 g/mol. The Balaban J connectivity index is 1.51. The number of aliphatic imine (C=N–C) groups is 1. The predicted molar refractivity (Wildman–Crippen MR) is 84.1 cm³/mol. The van der Waals surface area contributed by atoms with Gasteiger partial charge in [0.2, 0.25) is 0 Å². The first kappa shape index (κ1) is 13.7. The summed E-state index contributed by atoms with van der Waals surface area (Å²) in [5.41, 5.74) is 2.53. The molecule has 0 amide bonds. The maximum Gasteiger partial charge on any atom is 0.191 e. The minimum Gasteiger partial charge on any atom is -0.353 e. The molecule has 1 aromatic heterocycles. The molecule has 0 radical (unpaired) electrons. The normalized spacial score (nSPS) is 21.1. The number of nitrogens with zero attached hydrogens (tertiary/aromatic N) is 3. The van der Waals surface area contributed by atoms with E-state index in [2.05, 4.69) is 51.1 Å². The molecule has 2 aromatic rings. The van der Waals surface area contributed by atoms with Crippen LogP contribution in [0.4, 0.5) is 0 Å². The Morgan fingerprint density at radius 3 is 2.81 bits per heavy atom. The zero-order chi connectivity index (χ0) is 14.7. The largest absolute Gasteiger partial charge is 0.353 e. The maximum atomic E-state index is 4.29. The molecule has 0 saturated heterocycles. The molecule has 5 heteroatoms. The van der Waals surface area contributed by atoms with Crippen molar-refractivity contribution in [2.75, 3.05) is 7.05 Å². The Morgan fingerprint density at radius 1 is 1.33 bits per heavy atom. The SMILES string of the molecule is CN=C(NCc1ccnn1C)NC1CC1c1ccccc1. The lowest BCUT2D eigenvalue weighted by Crippen LogP contribution is -2.38. The quantitative estimate of drug-likeness (QED) is 0.662. The van der Waals surface area contributed by atoms with Crippen molar-refractivity contribution < 1.29 is 0 Å². The van der Waals surface area contributed by atoms with E-state index < -0.39 is 0 Å². The first-order valence-electron chi connectivity index (χ1n) is 7.27. The molecule has 110 valence electrons. The summed E-state index contributed by atoms with van der Waals surface area (Å²) >= 11 is 0. The molecule has 2 unspecified atom stereocenters. The lowest BCUT2D eigenvalue weighted by molar-refractivity contribution is 0.683. The molecule has 5 nitrogen and oxygen atoms in total. The number of aryl methyl sites for hydroxylation is 1. The van der Waals surface area contributed by atoms with E-state index in [-0.39, 0.29) is 0 Å². The highest BCUT2D eigenvalue weighted by Crippen LogP contribution is 2.40. The third kappa shape index (κ3) is 3.24. The molecule has 1 aromatic carbocycles. The Morgan fingerprint density at radius 2 is 2.14 bits per heavy atom. The molecule has 1 fully saturated rings. The molecule has 1 heterocycles. The van der Waals surface area contributed by atoms with Crippen LogP contribution in [0.1, 0.15) is 23.6 Å². The van der Waals surface area contributed by atoms with Gasteiger partial charge < -0.3 is 10.6 Å². The van der Waals surface area contributed by atoms with E-state index in [0.29, 0.717) is 12.0 Å². The van der Waals surface area contributed by atoms with Crippen LogP contribution < -0.4 is 10.6 Å². The molecular formula is C16H21N5. The Hall–Kier alpha value is -2.30. The topological polar surface area (TPSA) is 54.2 Å². The van der Waals surface area contributed by atoms with Crippen LogP contribution in [0.2, 0.25) is 0 Å². The second-order valence-corrected chi connectivity index (χ2v) is 5.38. The van der Waals surface area contributed by atoms with E-state index >= 15 is 0 Å². The summed E-state index contributed by atoms with van der Waals surface area (Å²) in [6, 6.07) is 13.1. The van der Waals surface area contributed by atoms with Crippen LogP contribution in [0.5, 0.6) is 0 Å². The molecule has 1 aliphatic rings. The third-order valence-corrected chi connectivity index (χ3v) is 3.92. The van der Waals surface area contributed by atoms with Gasteiger partial charge in [-0.05, 0) is 18.1 Å². The standard InChI is InChI=1S/C16H21N5/c1-17-16(18-11-13-8-9-19-21(13)2)20-15-10-14(15)12-6-4-3-5-7-12/h3-9,14-15H,10-11H2,1-2H3,(H2,17,18,20). The predicted octanol–water partition coefficient (Wildman–Crippen LogP) is 1.64. The maximum absolute atomic E-state index is 4.29. The van der Waals surface area contributed by atoms with E-state index in [9.17, 15) is 0 Å². The summed E-state index contributed by atoms with van der Waals surface area (Å²) in [5, 5.41) is 11.0. The van der Waals surface area contributed by atoms with Gasteiger partial charge >= 0.3 is 0 Å². The summed E-state index contributed by atoms with van der Waals surface area (Å²) < 4.78 is 1.87. The molecule has 1 saturated carbocycles. The zero-order valence-corrected chi connectivity index (χ0v) is 12.5. The van der Waals surface area contributed by atoms with Gasteiger partial charge in [0.25, 0.3) is 0 Å². The molecule has 2 N–H and O–H groups in total. The molecule has 0 spiro atoms. The van der Waals surface area contributed by atoms with Crippen molar-refractivity contribution in [1.29, 1.82) is 0 Å². The number of aromatic nitrogens is 2. The molecule has 0 bridgehead atoms. The Bertz CT molecular complexity index is 617. The second-order valence-electron chi connectivity index (χ2n) is 5.38.